The van der Waals surface area contributed by atoms with Gasteiger partial charge in [-0.2, -0.15) is 0 Å². The summed E-state index contributed by atoms with van der Waals surface area (Å²) in [5, 5.41) is 6.97. The van der Waals surface area contributed by atoms with Crippen LogP contribution >= 0.6 is 23.2 Å². The largest absolute Gasteiger partial charge is 0.375 e. The van der Waals surface area contributed by atoms with E-state index in [1.165, 1.54) is 0 Å². The lowest BCUT2D eigenvalue weighted by molar-refractivity contribution is -0.114. The minimum absolute atomic E-state index is 0.135. The second kappa shape index (κ2) is 6.64. The smallest absolute Gasteiger partial charge is 0.243 e. The molecule has 2 N–H and O–H groups in total. The van der Waals surface area contributed by atoms with Crippen LogP contribution in [0.3, 0.4) is 0 Å². The number of carbonyl (C=O) groups excluding carboxylic acids is 1. The highest BCUT2D eigenvalue weighted by Gasteiger charge is 2.06. The van der Waals surface area contributed by atoms with Gasteiger partial charge in [-0.25, -0.2) is 0 Å². The van der Waals surface area contributed by atoms with Gasteiger partial charge in [-0.1, -0.05) is 41.4 Å². The van der Waals surface area contributed by atoms with E-state index in [4.69, 9.17) is 23.2 Å². The van der Waals surface area contributed by atoms with E-state index >= 15 is 0 Å². The van der Waals surface area contributed by atoms with Crippen LogP contribution in [0.5, 0.6) is 0 Å². The zero-order chi connectivity index (χ0) is 14.5. The lowest BCUT2D eigenvalue weighted by atomic mass is 10.2. The fraction of sp³-hybridized carbons (Fsp3) is 0.133. The molecule has 2 rings (SSSR count). The molecule has 0 radical (unpaired) electrons. The van der Waals surface area contributed by atoms with Crippen molar-refractivity contribution in [1.29, 1.82) is 0 Å². The van der Waals surface area contributed by atoms with Gasteiger partial charge in [0.15, 0.2) is 0 Å². The minimum Gasteiger partial charge on any atom is -0.375 e. The van der Waals surface area contributed by atoms with Crippen LogP contribution in [0.1, 0.15) is 5.56 Å². The highest BCUT2D eigenvalue weighted by atomic mass is 35.5. The van der Waals surface area contributed by atoms with Crippen molar-refractivity contribution in [2.24, 2.45) is 0 Å². The maximum atomic E-state index is 11.9. The van der Waals surface area contributed by atoms with Gasteiger partial charge in [0.25, 0.3) is 0 Å². The van der Waals surface area contributed by atoms with Crippen molar-refractivity contribution in [3.8, 4) is 0 Å². The Labute approximate surface area is 127 Å². The van der Waals surface area contributed by atoms with Crippen LogP contribution in [0, 0.1) is 6.92 Å². The van der Waals surface area contributed by atoms with Gasteiger partial charge in [0, 0.05) is 10.7 Å². The molecule has 2 aromatic carbocycles. The Kier molecular flexibility index (Phi) is 4.88. The predicted octanol–water partition coefficient (Wildman–Crippen LogP) is 4.35. The van der Waals surface area contributed by atoms with Gasteiger partial charge in [0.2, 0.25) is 5.91 Å². The number of rotatable bonds is 4. The maximum absolute atomic E-state index is 11.9. The molecule has 104 valence electrons. The molecular weight excluding hydrogens is 295 g/mol. The lowest BCUT2D eigenvalue weighted by Gasteiger charge is -2.11. The zero-order valence-corrected chi connectivity index (χ0v) is 12.4. The molecule has 0 spiro atoms. The van der Waals surface area contributed by atoms with Gasteiger partial charge in [-0.3, -0.25) is 4.79 Å². The van der Waals surface area contributed by atoms with Crippen LogP contribution in [-0.2, 0) is 4.79 Å². The Balaban J connectivity index is 1.96. The average molecular weight is 309 g/mol. The monoisotopic (exact) mass is 308 g/mol. The number of amides is 1. The van der Waals surface area contributed by atoms with E-state index in [1.54, 1.807) is 18.2 Å². The van der Waals surface area contributed by atoms with Crippen LogP contribution in [0.25, 0.3) is 0 Å². The average Bonchev–Trinajstić information content (AvgIpc) is 2.42. The molecule has 0 aliphatic carbocycles. The second-order valence-electron chi connectivity index (χ2n) is 4.34. The quantitative estimate of drug-likeness (QED) is 0.881. The summed E-state index contributed by atoms with van der Waals surface area (Å²) < 4.78 is 0. The van der Waals surface area contributed by atoms with Crippen LogP contribution in [0.2, 0.25) is 10.0 Å². The number of aryl methyl sites for hydroxylation is 1. The number of anilines is 2. The normalized spacial score (nSPS) is 10.2. The Hall–Kier alpha value is -1.71. The first-order valence-electron chi connectivity index (χ1n) is 6.10. The van der Waals surface area contributed by atoms with Crippen LogP contribution in [0.4, 0.5) is 11.4 Å². The molecule has 0 bridgehead atoms. The molecule has 0 aliphatic heterocycles. The summed E-state index contributed by atoms with van der Waals surface area (Å²) in [4.78, 5) is 11.9. The first-order chi connectivity index (χ1) is 9.56. The Bertz CT molecular complexity index is 629. The number of hydrogen-bond donors (Lipinski definition) is 2. The molecule has 0 aromatic heterocycles. The summed E-state index contributed by atoms with van der Waals surface area (Å²) in [6.07, 6.45) is 0. The molecule has 20 heavy (non-hydrogen) atoms. The molecule has 0 saturated heterocycles. The second-order valence-corrected chi connectivity index (χ2v) is 5.18. The first kappa shape index (κ1) is 14.7. The van der Waals surface area contributed by atoms with Gasteiger partial charge < -0.3 is 10.6 Å². The molecule has 0 heterocycles. The van der Waals surface area contributed by atoms with E-state index in [0.29, 0.717) is 15.7 Å². The fourth-order valence-electron chi connectivity index (χ4n) is 1.70. The number of carbonyl (C=O) groups is 1. The molecule has 0 fully saturated rings. The highest BCUT2D eigenvalue weighted by Crippen LogP contribution is 2.21. The number of hydrogen-bond acceptors (Lipinski definition) is 2. The van der Waals surface area contributed by atoms with Gasteiger partial charge in [0.1, 0.15) is 0 Å². The van der Waals surface area contributed by atoms with E-state index < -0.39 is 0 Å². The topological polar surface area (TPSA) is 41.1 Å². The molecule has 0 unspecified atom stereocenters. The number of halogens is 2. The molecular formula is C15H14Cl2N2O. The van der Waals surface area contributed by atoms with Gasteiger partial charge in [-0.15, -0.1) is 0 Å². The molecule has 0 atom stereocenters. The molecule has 1 amide bonds. The van der Waals surface area contributed by atoms with Gasteiger partial charge in [0.05, 0.1) is 17.3 Å². The molecule has 0 saturated carbocycles. The van der Waals surface area contributed by atoms with E-state index in [-0.39, 0.29) is 12.5 Å². The van der Waals surface area contributed by atoms with E-state index in [9.17, 15) is 4.79 Å². The molecule has 2 aromatic rings. The summed E-state index contributed by atoms with van der Waals surface area (Å²) in [5.74, 6) is -0.157. The van der Waals surface area contributed by atoms with Crippen LogP contribution in [-0.4, -0.2) is 12.5 Å². The van der Waals surface area contributed by atoms with E-state index in [2.05, 4.69) is 10.6 Å². The van der Waals surface area contributed by atoms with Crippen LogP contribution < -0.4 is 10.6 Å². The molecule has 0 aliphatic rings. The Morgan fingerprint density at radius 2 is 1.85 bits per heavy atom. The Morgan fingerprint density at radius 1 is 1.10 bits per heavy atom. The van der Waals surface area contributed by atoms with Crippen molar-refractivity contribution in [2.45, 2.75) is 6.92 Å². The number of para-hydroxylation sites is 1. The predicted molar refractivity (Wildman–Crippen MR) is 84.8 cm³/mol. The zero-order valence-electron chi connectivity index (χ0n) is 10.9. The third-order valence-electron chi connectivity index (χ3n) is 2.79. The van der Waals surface area contributed by atoms with E-state index in [1.807, 2.05) is 31.2 Å². The summed E-state index contributed by atoms with van der Waals surface area (Å²) >= 11 is 11.9. The summed E-state index contributed by atoms with van der Waals surface area (Å²) in [6.45, 7) is 2.04. The van der Waals surface area contributed by atoms with Crippen molar-refractivity contribution < 1.29 is 4.79 Å². The SMILES string of the molecule is Cc1ccc(Cl)cc1NC(=O)CNc1ccccc1Cl. The lowest BCUT2D eigenvalue weighted by Crippen LogP contribution is -2.22. The Morgan fingerprint density at radius 3 is 2.60 bits per heavy atom. The third kappa shape index (κ3) is 3.89. The van der Waals surface area contributed by atoms with E-state index in [0.717, 1.165) is 11.3 Å². The summed E-state index contributed by atoms with van der Waals surface area (Å²) in [6, 6.07) is 12.7. The van der Waals surface area contributed by atoms with Gasteiger partial charge in [-0.05, 0) is 36.8 Å². The van der Waals surface area contributed by atoms with Crippen molar-refractivity contribution in [3.05, 3.63) is 58.1 Å². The third-order valence-corrected chi connectivity index (χ3v) is 3.35. The maximum Gasteiger partial charge on any atom is 0.243 e. The van der Waals surface area contributed by atoms with Crippen molar-refractivity contribution in [2.75, 3.05) is 17.2 Å². The standard InChI is InChI=1S/C15H14Cl2N2O/c1-10-6-7-11(16)8-14(10)19-15(20)9-18-13-5-3-2-4-12(13)17/h2-8,18H,9H2,1H3,(H,19,20). The van der Waals surface area contributed by atoms with Crippen molar-refractivity contribution in [3.63, 3.8) is 0 Å². The van der Waals surface area contributed by atoms with Crippen molar-refractivity contribution in [1.82, 2.24) is 0 Å². The fourth-order valence-corrected chi connectivity index (χ4v) is 2.08. The van der Waals surface area contributed by atoms with Crippen molar-refractivity contribution >= 4 is 40.5 Å². The molecule has 3 nitrogen and oxygen atoms in total. The minimum atomic E-state index is -0.157. The molecule has 5 heteroatoms. The summed E-state index contributed by atoms with van der Waals surface area (Å²) in [5.41, 5.74) is 2.40. The number of nitrogens with one attached hydrogen (secondary N) is 2. The summed E-state index contributed by atoms with van der Waals surface area (Å²) in [7, 11) is 0. The highest BCUT2D eigenvalue weighted by molar-refractivity contribution is 6.33. The van der Waals surface area contributed by atoms with Crippen LogP contribution in [0.15, 0.2) is 42.5 Å². The number of benzene rings is 2. The first-order valence-corrected chi connectivity index (χ1v) is 6.86. The van der Waals surface area contributed by atoms with Gasteiger partial charge >= 0.3 is 0 Å².